The predicted octanol–water partition coefficient (Wildman–Crippen LogP) is 3.92. The Kier molecular flexibility index (Phi) is 4.59. The fraction of sp³-hybridized carbons (Fsp3) is 0.100. The smallest absolute Gasteiger partial charge is 0.291 e. The van der Waals surface area contributed by atoms with E-state index in [1.807, 2.05) is 19.9 Å². The van der Waals surface area contributed by atoms with E-state index >= 15 is 0 Å². The van der Waals surface area contributed by atoms with Gasteiger partial charge in [0.05, 0.1) is 12.0 Å². The van der Waals surface area contributed by atoms with Crippen molar-refractivity contribution >= 4 is 11.6 Å². The van der Waals surface area contributed by atoms with Crippen molar-refractivity contribution in [2.75, 3.05) is 5.32 Å². The largest absolute Gasteiger partial charge is 0.459 e. The number of rotatable bonds is 5. The van der Waals surface area contributed by atoms with Gasteiger partial charge in [0.2, 0.25) is 5.88 Å². The molecule has 0 saturated heterocycles. The summed E-state index contributed by atoms with van der Waals surface area (Å²) in [5.74, 6) is 1.48. The molecule has 0 aliphatic rings. The molecule has 8 nitrogen and oxygen atoms in total. The highest BCUT2D eigenvalue weighted by Crippen LogP contribution is 2.22. The Morgan fingerprint density at radius 1 is 1.07 bits per heavy atom. The zero-order chi connectivity index (χ0) is 19.5. The van der Waals surface area contributed by atoms with Crippen molar-refractivity contribution < 1.29 is 13.9 Å². The molecule has 8 heteroatoms. The number of hydrogen-bond acceptors (Lipinski definition) is 6. The number of benzene rings is 1. The summed E-state index contributed by atoms with van der Waals surface area (Å²) in [6.07, 6.45) is 1.45. The molecule has 4 rings (SSSR count). The lowest BCUT2D eigenvalue weighted by molar-refractivity contribution is 0.0996. The van der Waals surface area contributed by atoms with Gasteiger partial charge in [-0.05, 0) is 62.4 Å². The molecule has 28 heavy (non-hydrogen) atoms. The molecule has 0 bridgehead atoms. The van der Waals surface area contributed by atoms with E-state index in [1.165, 1.54) is 6.26 Å². The minimum absolute atomic E-state index is 0.248. The highest BCUT2D eigenvalue weighted by molar-refractivity contribution is 6.02. The number of hydrogen-bond donors (Lipinski definition) is 1. The lowest BCUT2D eigenvalue weighted by Crippen LogP contribution is -2.10. The summed E-state index contributed by atoms with van der Waals surface area (Å²) in [5, 5.41) is 15.4. The van der Waals surface area contributed by atoms with E-state index in [0.29, 0.717) is 23.1 Å². The molecule has 3 heterocycles. The van der Waals surface area contributed by atoms with Crippen molar-refractivity contribution in [3.63, 3.8) is 0 Å². The Morgan fingerprint density at radius 2 is 1.89 bits per heavy atom. The average molecular weight is 375 g/mol. The zero-order valence-electron chi connectivity index (χ0n) is 15.3. The van der Waals surface area contributed by atoms with E-state index in [9.17, 15) is 4.79 Å². The molecule has 0 aliphatic carbocycles. The van der Waals surface area contributed by atoms with Crippen LogP contribution in [0.3, 0.4) is 0 Å². The molecule has 0 spiro atoms. The number of nitrogens with one attached hydrogen (secondary N) is 1. The second-order valence-corrected chi connectivity index (χ2v) is 6.13. The minimum Gasteiger partial charge on any atom is -0.459 e. The first-order valence-corrected chi connectivity index (χ1v) is 8.58. The number of ether oxygens (including phenoxy) is 1. The molecular weight excluding hydrogens is 358 g/mol. The quantitative estimate of drug-likeness (QED) is 0.568. The number of aryl methyl sites for hydroxylation is 2. The highest BCUT2D eigenvalue weighted by atomic mass is 16.5. The van der Waals surface area contributed by atoms with Crippen molar-refractivity contribution in [3.05, 3.63) is 78.0 Å². The van der Waals surface area contributed by atoms with Crippen LogP contribution in [0, 0.1) is 13.8 Å². The molecule has 3 aromatic heterocycles. The van der Waals surface area contributed by atoms with Crippen molar-refractivity contribution in [2.24, 2.45) is 0 Å². The van der Waals surface area contributed by atoms with Crippen LogP contribution in [0.25, 0.3) is 5.82 Å². The summed E-state index contributed by atoms with van der Waals surface area (Å²) in [5.41, 5.74) is 2.52. The van der Waals surface area contributed by atoms with Crippen molar-refractivity contribution in [2.45, 2.75) is 13.8 Å². The molecule has 4 aromatic rings. The normalized spacial score (nSPS) is 10.6. The van der Waals surface area contributed by atoms with Gasteiger partial charge in [0.15, 0.2) is 11.6 Å². The maximum atomic E-state index is 12.0. The Hall–Kier alpha value is -3.94. The lowest BCUT2D eigenvalue weighted by atomic mass is 10.3. The maximum absolute atomic E-state index is 12.0. The average Bonchev–Trinajstić information content (AvgIpc) is 3.34. The van der Waals surface area contributed by atoms with Gasteiger partial charge in [0.1, 0.15) is 5.75 Å². The topological polar surface area (TPSA) is 95.1 Å². The van der Waals surface area contributed by atoms with Crippen LogP contribution >= 0.6 is 0 Å². The van der Waals surface area contributed by atoms with Gasteiger partial charge < -0.3 is 14.5 Å². The fourth-order valence-corrected chi connectivity index (χ4v) is 2.67. The van der Waals surface area contributed by atoms with Gasteiger partial charge in [-0.15, -0.1) is 10.2 Å². The van der Waals surface area contributed by atoms with Crippen LogP contribution in [0.5, 0.6) is 11.6 Å². The molecule has 0 saturated carbocycles. The van der Waals surface area contributed by atoms with Gasteiger partial charge in [-0.1, -0.05) is 0 Å². The van der Waals surface area contributed by atoms with E-state index in [0.717, 1.165) is 11.4 Å². The van der Waals surface area contributed by atoms with Crippen LogP contribution in [-0.4, -0.2) is 25.9 Å². The Bertz CT molecular complexity index is 1080. The summed E-state index contributed by atoms with van der Waals surface area (Å²) < 4.78 is 12.5. The van der Waals surface area contributed by atoms with E-state index < -0.39 is 0 Å². The second-order valence-electron chi connectivity index (χ2n) is 6.13. The predicted molar refractivity (Wildman–Crippen MR) is 102 cm³/mol. The van der Waals surface area contributed by atoms with Crippen LogP contribution in [0.15, 0.2) is 65.3 Å². The van der Waals surface area contributed by atoms with E-state index in [1.54, 1.807) is 53.2 Å². The van der Waals surface area contributed by atoms with Gasteiger partial charge in [0.25, 0.3) is 5.91 Å². The standard InChI is InChI=1S/C20H17N5O3/c1-13-12-14(2)25(24-13)18-9-10-19(23-22-18)28-16-7-5-15(6-8-16)21-20(26)17-4-3-11-27-17/h3-12H,1-2H3,(H,21,26). The monoisotopic (exact) mass is 375 g/mol. The van der Waals surface area contributed by atoms with Crippen LogP contribution in [0.4, 0.5) is 5.69 Å². The van der Waals surface area contributed by atoms with Crippen LogP contribution in [0.2, 0.25) is 0 Å². The highest BCUT2D eigenvalue weighted by Gasteiger charge is 2.09. The third-order valence-corrected chi connectivity index (χ3v) is 3.93. The molecule has 140 valence electrons. The first-order chi connectivity index (χ1) is 13.6. The number of carbonyl (C=O) groups excluding carboxylic acids is 1. The van der Waals surface area contributed by atoms with Gasteiger partial charge in [-0.25, -0.2) is 4.68 Å². The molecule has 0 fully saturated rings. The van der Waals surface area contributed by atoms with Crippen molar-refractivity contribution in [1.82, 2.24) is 20.0 Å². The van der Waals surface area contributed by atoms with Gasteiger partial charge in [-0.2, -0.15) is 5.10 Å². The van der Waals surface area contributed by atoms with E-state index in [4.69, 9.17) is 9.15 Å². The second kappa shape index (κ2) is 7.36. The molecule has 1 N–H and O–H groups in total. The Morgan fingerprint density at radius 3 is 2.50 bits per heavy atom. The molecular formula is C20H17N5O3. The number of anilines is 1. The summed E-state index contributed by atoms with van der Waals surface area (Å²) in [7, 11) is 0. The third kappa shape index (κ3) is 3.75. The molecule has 0 unspecified atom stereocenters. The number of amides is 1. The van der Waals surface area contributed by atoms with Gasteiger partial charge >= 0.3 is 0 Å². The summed E-state index contributed by atoms with van der Waals surface area (Å²) in [6, 6.07) is 15.7. The SMILES string of the molecule is Cc1cc(C)n(-c2ccc(Oc3ccc(NC(=O)c4ccco4)cc3)nn2)n1. The summed E-state index contributed by atoms with van der Waals surface area (Å²) >= 11 is 0. The number of furan rings is 1. The first-order valence-electron chi connectivity index (χ1n) is 8.58. The number of carbonyl (C=O) groups is 1. The van der Waals surface area contributed by atoms with Crippen LogP contribution in [-0.2, 0) is 0 Å². The third-order valence-electron chi connectivity index (χ3n) is 3.93. The molecule has 1 amide bonds. The number of nitrogens with zero attached hydrogens (tertiary/aromatic N) is 4. The summed E-state index contributed by atoms with van der Waals surface area (Å²) in [4.78, 5) is 12.0. The van der Waals surface area contributed by atoms with E-state index in [-0.39, 0.29) is 11.7 Å². The van der Waals surface area contributed by atoms with Gasteiger partial charge in [0, 0.05) is 17.4 Å². The molecule has 0 aliphatic heterocycles. The van der Waals surface area contributed by atoms with Gasteiger partial charge in [-0.3, -0.25) is 4.79 Å². The minimum atomic E-state index is -0.315. The van der Waals surface area contributed by atoms with E-state index in [2.05, 4.69) is 20.6 Å². The Labute approximate surface area is 160 Å². The number of aromatic nitrogens is 4. The molecule has 0 radical (unpaired) electrons. The Balaban J connectivity index is 1.41. The lowest BCUT2D eigenvalue weighted by Gasteiger charge is -2.07. The van der Waals surface area contributed by atoms with Crippen LogP contribution in [0.1, 0.15) is 21.9 Å². The summed E-state index contributed by atoms with van der Waals surface area (Å²) in [6.45, 7) is 3.88. The molecule has 0 atom stereocenters. The zero-order valence-corrected chi connectivity index (χ0v) is 15.3. The van der Waals surface area contributed by atoms with Crippen LogP contribution < -0.4 is 10.1 Å². The van der Waals surface area contributed by atoms with Crippen molar-refractivity contribution in [1.29, 1.82) is 0 Å². The van der Waals surface area contributed by atoms with Crippen molar-refractivity contribution in [3.8, 4) is 17.4 Å². The first kappa shape index (κ1) is 17.5. The maximum Gasteiger partial charge on any atom is 0.291 e. The molecule has 1 aromatic carbocycles. The fourth-order valence-electron chi connectivity index (χ4n) is 2.67.